The number of fused-ring (bicyclic) bond motifs is 1. The van der Waals surface area contributed by atoms with E-state index in [0.29, 0.717) is 29.6 Å². The van der Waals surface area contributed by atoms with Crippen molar-refractivity contribution >= 4 is 23.7 Å². The van der Waals surface area contributed by atoms with Crippen LogP contribution in [0.1, 0.15) is 76.2 Å². The van der Waals surface area contributed by atoms with Crippen molar-refractivity contribution in [2.75, 3.05) is 5.73 Å². The van der Waals surface area contributed by atoms with Crippen LogP contribution in [0.5, 0.6) is 0 Å². The highest BCUT2D eigenvalue weighted by atomic mass is 16.4. The number of aliphatic carboxylic acids is 1. The molecule has 3 fully saturated rings. The summed E-state index contributed by atoms with van der Waals surface area (Å²) in [6.07, 6.45) is 13.6. The van der Waals surface area contributed by atoms with Gasteiger partial charge < -0.3 is 26.8 Å². The first-order valence-corrected chi connectivity index (χ1v) is 13.2. The van der Waals surface area contributed by atoms with E-state index in [0.717, 1.165) is 50.9 Å². The van der Waals surface area contributed by atoms with Crippen molar-refractivity contribution < 1.29 is 19.5 Å². The third-order valence-electron chi connectivity index (χ3n) is 8.22. The molecule has 0 saturated heterocycles. The fourth-order valence-electron chi connectivity index (χ4n) is 6.10. The van der Waals surface area contributed by atoms with Crippen molar-refractivity contribution in [3.63, 3.8) is 0 Å². The number of nitrogen functional groups attached to an aromatic ring is 1. The molecule has 5 atom stereocenters. The van der Waals surface area contributed by atoms with Gasteiger partial charge in [0, 0.05) is 18.7 Å². The Bertz CT molecular complexity index is 886. The Morgan fingerprint density at radius 2 is 1.74 bits per heavy atom. The molecule has 6 N–H and O–H groups in total. The highest BCUT2D eigenvalue weighted by Gasteiger charge is 2.41. The Labute approximate surface area is 207 Å². The summed E-state index contributed by atoms with van der Waals surface area (Å²) in [6, 6.07) is 1.01. The first-order chi connectivity index (χ1) is 16.9. The maximum Gasteiger partial charge on any atom is 0.326 e. The first-order valence-electron chi connectivity index (χ1n) is 13.2. The van der Waals surface area contributed by atoms with E-state index in [1.54, 1.807) is 12.1 Å². The second-order valence-corrected chi connectivity index (χ2v) is 10.6. The number of nitrogens with two attached hydrogens (primary N) is 1. The molecule has 0 spiro atoms. The smallest absolute Gasteiger partial charge is 0.326 e. The lowest BCUT2D eigenvalue weighted by atomic mass is 9.63. The second kappa shape index (κ2) is 11.7. The monoisotopic (exact) mass is 485 g/mol. The van der Waals surface area contributed by atoms with Crippen LogP contribution in [-0.2, 0) is 16.0 Å². The van der Waals surface area contributed by atoms with E-state index >= 15 is 0 Å². The molecule has 0 aromatic carbocycles. The fraction of sp³-hybridized carbons (Fsp3) is 0.692. The predicted molar refractivity (Wildman–Crippen MR) is 132 cm³/mol. The number of carbonyl (C=O) groups is 3. The Morgan fingerprint density at radius 3 is 2.40 bits per heavy atom. The summed E-state index contributed by atoms with van der Waals surface area (Å²) < 4.78 is 0. The number of nitrogens with one attached hydrogen (secondary N) is 3. The summed E-state index contributed by atoms with van der Waals surface area (Å²) >= 11 is 0. The predicted octanol–water partition coefficient (Wildman–Crippen LogP) is 2.99. The van der Waals surface area contributed by atoms with E-state index in [9.17, 15) is 19.5 Å². The molecule has 3 amide bonds. The largest absolute Gasteiger partial charge is 0.480 e. The molecule has 9 nitrogen and oxygen atoms in total. The Kier molecular flexibility index (Phi) is 8.46. The molecule has 0 radical (unpaired) electrons. The van der Waals surface area contributed by atoms with E-state index in [1.165, 1.54) is 25.5 Å². The van der Waals surface area contributed by atoms with E-state index in [1.807, 2.05) is 0 Å². The van der Waals surface area contributed by atoms with Gasteiger partial charge in [0.25, 0.3) is 0 Å². The number of hydrogen-bond acceptors (Lipinski definition) is 5. The topological polar surface area (TPSA) is 146 Å². The minimum atomic E-state index is -1.15. The van der Waals surface area contributed by atoms with Gasteiger partial charge in [-0.25, -0.2) is 14.6 Å². The van der Waals surface area contributed by atoms with Gasteiger partial charge in [0.15, 0.2) is 0 Å². The molecule has 1 heterocycles. The van der Waals surface area contributed by atoms with E-state index < -0.39 is 24.1 Å². The first kappa shape index (κ1) is 25.3. The highest BCUT2D eigenvalue weighted by molar-refractivity contribution is 5.89. The SMILES string of the molecule is Nc1ccc(CC(NC(=O)N[C@H](CC2CCCCC2)C(=O)NC2CCCC3CCC32)C(=O)O)cn1. The zero-order valence-electron chi connectivity index (χ0n) is 20.4. The van der Waals surface area contributed by atoms with Gasteiger partial charge in [-0.2, -0.15) is 0 Å². The van der Waals surface area contributed by atoms with Crippen LogP contribution in [0.15, 0.2) is 18.3 Å². The Morgan fingerprint density at radius 1 is 0.971 bits per heavy atom. The second-order valence-electron chi connectivity index (χ2n) is 10.6. The van der Waals surface area contributed by atoms with Crippen LogP contribution in [0, 0.1) is 17.8 Å². The average molecular weight is 486 g/mol. The van der Waals surface area contributed by atoms with Crippen LogP contribution < -0.4 is 21.7 Å². The maximum atomic E-state index is 13.3. The van der Waals surface area contributed by atoms with Crippen molar-refractivity contribution in [2.45, 2.75) is 95.2 Å². The third kappa shape index (κ3) is 6.86. The normalized spacial score (nSPS) is 25.9. The van der Waals surface area contributed by atoms with E-state index in [4.69, 9.17) is 5.73 Å². The number of amides is 3. The van der Waals surface area contributed by atoms with Gasteiger partial charge in [0.1, 0.15) is 17.9 Å². The summed E-state index contributed by atoms with van der Waals surface area (Å²) in [5.41, 5.74) is 6.25. The summed E-state index contributed by atoms with van der Waals surface area (Å²) in [4.78, 5) is 42.0. The van der Waals surface area contributed by atoms with Gasteiger partial charge in [-0.15, -0.1) is 0 Å². The average Bonchev–Trinajstić information content (AvgIpc) is 2.81. The fourth-order valence-corrected chi connectivity index (χ4v) is 6.10. The number of anilines is 1. The van der Waals surface area contributed by atoms with Crippen LogP contribution in [0.3, 0.4) is 0 Å². The number of aromatic nitrogens is 1. The van der Waals surface area contributed by atoms with Crippen LogP contribution in [0.4, 0.5) is 10.6 Å². The van der Waals surface area contributed by atoms with Crippen molar-refractivity contribution in [3.05, 3.63) is 23.9 Å². The lowest BCUT2D eigenvalue weighted by Gasteiger charge is -2.46. The molecule has 4 unspecified atom stereocenters. The highest BCUT2D eigenvalue weighted by Crippen LogP contribution is 2.44. The summed E-state index contributed by atoms with van der Waals surface area (Å²) in [5.74, 6) is 0.720. The van der Waals surface area contributed by atoms with E-state index in [-0.39, 0.29) is 18.4 Å². The van der Waals surface area contributed by atoms with Gasteiger partial charge in [-0.3, -0.25) is 4.79 Å². The molecule has 0 aliphatic heterocycles. The van der Waals surface area contributed by atoms with Crippen LogP contribution >= 0.6 is 0 Å². The van der Waals surface area contributed by atoms with Gasteiger partial charge >= 0.3 is 12.0 Å². The molecule has 3 aliphatic rings. The minimum absolute atomic E-state index is 0.0701. The maximum absolute atomic E-state index is 13.3. The van der Waals surface area contributed by atoms with E-state index in [2.05, 4.69) is 20.9 Å². The van der Waals surface area contributed by atoms with Crippen molar-refractivity contribution in [2.24, 2.45) is 17.8 Å². The number of hydrogen-bond donors (Lipinski definition) is 5. The molecule has 192 valence electrons. The number of pyridine rings is 1. The van der Waals surface area contributed by atoms with Crippen molar-refractivity contribution in [1.29, 1.82) is 0 Å². The lowest BCUT2D eigenvalue weighted by Crippen LogP contribution is -2.57. The number of carbonyl (C=O) groups excluding carboxylic acids is 2. The summed E-state index contributed by atoms with van der Waals surface area (Å²) in [5, 5.41) is 18.3. The Hall–Kier alpha value is -2.84. The van der Waals surface area contributed by atoms with Gasteiger partial charge in [-0.05, 0) is 55.1 Å². The molecule has 1 aromatic rings. The molecule has 0 bridgehead atoms. The van der Waals surface area contributed by atoms with Gasteiger partial charge in [0.2, 0.25) is 5.91 Å². The van der Waals surface area contributed by atoms with Gasteiger partial charge in [-0.1, -0.05) is 51.0 Å². The lowest BCUT2D eigenvalue weighted by molar-refractivity contribution is -0.139. The molecule has 4 rings (SSSR count). The summed E-state index contributed by atoms with van der Waals surface area (Å²) in [7, 11) is 0. The number of nitrogens with zero attached hydrogens (tertiary/aromatic N) is 1. The quantitative estimate of drug-likeness (QED) is 0.363. The van der Waals surface area contributed by atoms with Crippen molar-refractivity contribution in [3.8, 4) is 0 Å². The molecule has 3 aliphatic carbocycles. The zero-order chi connectivity index (χ0) is 24.8. The van der Waals surface area contributed by atoms with Crippen molar-refractivity contribution in [1.82, 2.24) is 20.9 Å². The number of urea groups is 1. The van der Waals surface area contributed by atoms with Crippen LogP contribution in [0.25, 0.3) is 0 Å². The number of carboxylic acid groups (broad SMARTS) is 1. The number of rotatable bonds is 9. The standard InChI is InChI=1S/C26H39N5O4/c27-23-12-9-17(15-28-23)14-22(25(33)34)31-26(35)30-21(13-16-5-2-1-3-6-16)24(32)29-20-8-4-7-18-10-11-19(18)20/h9,12,15-16,18-22H,1-8,10-11,13-14H2,(H2,27,28)(H,29,32)(H,33,34)(H2,30,31,35)/t18?,19?,20?,21-,22?/m1/s1. The Balaban J connectivity index is 1.38. The molecular formula is C26H39N5O4. The van der Waals surface area contributed by atoms with Crippen LogP contribution in [-0.4, -0.2) is 46.1 Å². The van der Waals surface area contributed by atoms with Crippen LogP contribution in [0.2, 0.25) is 0 Å². The molecular weight excluding hydrogens is 446 g/mol. The summed E-state index contributed by atoms with van der Waals surface area (Å²) in [6.45, 7) is 0. The third-order valence-corrected chi connectivity index (χ3v) is 8.22. The zero-order valence-corrected chi connectivity index (χ0v) is 20.4. The van der Waals surface area contributed by atoms with Gasteiger partial charge in [0.05, 0.1) is 0 Å². The number of carboxylic acids is 1. The molecule has 1 aromatic heterocycles. The molecule has 3 saturated carbocycles. The minimum Gasteiger partial charge on any atom is -0.480 e. The molecule has 35 heavy (non-hydrogen) atoms. The molecule has 9 heteroatoms.